The summed E-state index contributed by atoms with van der Waals surface area (Å²) in [6.45, 7) is 3.91. The van der Waals surface area contributed by atoms with E-state index < -0.39 is 12.0 Å². The first-order chi connectivity index (χ1) is 8.49. The minimum Gasteiger partial charge on any atom is -0.480 e. The summed E-state index contributed by atoms with van der Waals surface area (Å²) in [6, 6.07) is 7.75. The SMILES string of the molecule is CC(C)NC(CCSc1ccc(Br)cc1)C(=O)O. The second-order valence-electron chi connectivity index (χ2n) is 4.30. The fourth-order valence-corrected chi connectivity index (χ4v) is 2.69. The molecule has 100 valence electrons. The van der Waals surface area contributed by atoms with Gasteiger partial charge in [-0.15, -0.1) is 11.8 Å². The van der Waals surface area contributed by atoms with Gasteiger partial charge in [-0.05, 0) is 30.7 Å². The van der Waals surface area contributed by atoms with Crippen LogP contribution in [0, 0.1) is 0 Å². The third-order valence-electron chi connectivity index (χ3n) is 2.32. The van der Waals surface area contributed by atoms with E-state index in [-0.39, 0.29) is 6.04 Å². The summed E-state index contributed by atoms with van der Waals surface area (Å²) < 4.78 is 1.05. The second-order valence-corrected chi connectivity index (χ2v) is 6.39. The molecule has 0 fully saturated rings. The van der Waals surface area contributed by atoms with Gasteiger partial charge in [0.2, 0.25) is 0 Å². The summed E-state index contributed by atoms with van der Waals surface area (Å²) >= 11 is 5.06. The van der Waals surface area contributed by atoms with E-state index in [1.165, 1.54) is 0 Å². The monoisotopic (exact) mass is 331 g/mol. The van der Waals surface area contributed by atoms with Gasteiger partial charge in [-0.1, -0.05) is 29.8 Å². The molecule has 0 spiro atoms. The van der Waals surface area contributed by atoms with Crippen molar-refractivity contribution >= 4 is 33.7 Å². The van der Waals surface area contributed by atoms with Crippen LogP contribution in [0.3, 0.4) is 0 Å². The van der Waals surface area contributed by atoms with Crippen molar-refractivity contribution in [3.8, 4) is 0 Å². The number of hydrogen-bond acceptors (Lipinski definition) is 3. The van der Waals surface area contributed by atoms with E-state index in [0.717, 1.165) is 15.1 Å². The number of carboxylic acid groups (broad SMARTS) is 1. The van der Waals surface area contributed by atoms with E-state index in [9.17, 15) is 4.79 Å². The van der Waals surface area contributed by atoms with Gasteiger partial charge in [-0.2, -0.15) is 0 Å². The highest BCUT2D eigenvalue weighted by atomic mass is 79.9. The molecule has 1 aromatic carbocycles. The Balaban J connectivity index is 2.38. The van der Waals surface area contributed by atoms with Crippen molar-refractivity contribution in [2.45, 2.75) is 37.2 Å². The predicted molar refractivity (Wildman–Crippen MR) is 79.2 cm³/mol. The van der Waals surface area contributed by atoms with E-state index in [0.29, 0.717) is 6.42 Å². The number of halogens is 1. The fraction of sp³-hybridized carbons (Fsp3) is 0.462. The summed E-state index contributed by atoms with van der Waals surface area (Å²) in [4.78, 5) is 12.2. The van der Waals surface area contributed by atoms with Crippen molar-refractivity contribution in [3.05, 3.63) is 28.7 Å². The molecule has 0 saturated carbocycles. The zero-order valence-corrected chi connectivity index (χ0v) is 12.9. The number of rotatable bonds is 7. The third kappa shape index (κ3) is 5.89. The first-order valence-corrected chi connectivity index (χ1v) is 7.64. The van der Waals surface area contributed by atoms with Crippen LogP contribution in [0.2, 0.25) is 0 Å². The van der Waals surface area contributed by atoms with Crippen LogP contribution in [-0.4, -0.2) is 28.9 Å². The Morgan fingerprint density at radius 1 is 1.39 bits per heavy atom. The number of carbonyl (C=O) groups is 1. The fourth-order valence-electron chi connectivity index (χ4n) is 1.51. The van der Waals surface area contributed by atoms with Crippen molar-refractivity contribution in [3.63, 3.8) is 0 Å². The minimum atomic E-state index is -0.778. The van der Waals surface area contributed by atoms with E-state index in [1.54, 1.807) is 11.8 Å². The van der Waals surface area contributed by atoms with Crippen molar-refractivity contribution in [2.75, 3.05) is 5.75 Å². The maximum atomic E-state index is 11.0. The van der Waals surface area contributed by atoms with Crippen molar-refractivity contribution in [2.24, 2.45) is 0 Å². The first-order valence-electron chi connectivity index (χ1n) is 5.86. The van der Waals surface area contributed by atoms with Gasteiger partial charge in [0.15, 0.2) is 0 Å². The Labute approximate surface area is 120 Å². The molecule has 0 aromatic heterocycles. The van der Waals surface area contributed by atoms with Crippen LogP contribution in [0.25, 0.3) is 0 Å². The molecule has 0 saturated heterocycles. The average Bonchev–Trinajstić information content (AvgIpc) is 2.29. The summed E-state index contributed by atoms with van der Waals surface area (Å²) in [5.41, 5.74) is 0. The lowest BCUT2D eigenvalue weighted by atomic mass is 10.2. The van der Waals surface area contributed by atoms with Crippen LogP contribution in [-0.2, 0) is 4.79 Å². The smallest absolute Gasteiger partial charge is 0.320 e. The van der Waals surface area contributed by atoms with Crippen LogP contribution in [0.15, 0.2) is 33.6 Å². The highest BCUT2D eigenvalue weighted by Gasteiger charge is 2.17. The molecule has 3 nitrogen and oxygen atoms in total. The Morgan fingerprint density at radius 3 is 2.50 bits per heavy atom. The molecule has 0 amide bonds. The number of aliphatic carboxylic acids is 1. The third-order valence-corrected chi connectivity index (χ3v) is 3.90. The van der Waals surface area contributed by atoms with Crippen LogP contribution >= 0.6 is 27.7 Å². The Morgan fingerprint density at radius 2 is 2.00 bits per heavy atom. The molecule has 1 unspecified atom stereocenters. The number of thioether (sulfide) groups is 1. The average molecular weight is 332 g/mol. The minimum absolute atomic E-state index is 0.184. The quantitative estimate of drug-likeness (QED) is 0.752. The lowest BCUT2D eigenvalue weighted by Gasteiger charge is -2.16. The molecule has 1 rings (SSSR count). The lowest BCUT2D eigenvalue weighted by molar-refractivity contribution is -0.139. The summed E-state index contributed by atoms with van der Waals surface area (Å²) in [7, 11) is 0. The Hall–Kier alpha value is -0.520. The summed E-state index contributed by atoms with van der Waals surface area (Å²) in [5, 5.41) is 12.1. The highest BCUT2D eigenvalue weighted by molar-refractivity contribution is 9.10. The van der Waals surface area contributed by atoms with Crippen LogP contribution in [0.4, 0.5) is 0 Å². The van der Waals surface area contributed by atoms with Gasteiger partial charge in [0.25, 0.3) is 0 Å². The molecule has 0 aliphatic carbocycles. The first kappa shape index (κ1) is 15.5. The topological polar surface area (TPSA) is 49.3 Å². The van der Waals surface area contributed by atoms with Gasteiger partial charge < -0.3 is 10.4 Å². The van der Waals surface area contributed by atoms with Gasteiger partial charge in [-0.25, -0.2) is 0 Å². The molecule has 18 heavy (non-hydrogen) atoms. The van der Waals surface area contributed by atoms with Crippen LogP contribution in [0.1, 0.15) is 20.3 Å². The maximum Gasteiger partial charge on any atom is 0.320 e. The Kier molecular flexibility index (Phi) is 6.75. The number of nitrogens with one attached hydrogen (secondary N) is 1. The normalized spacial score (nSPS) is 12.7. The molecule has 0 bridgehead atoms. The van der Waals surface area contributed by atoms with Crippen molar-refractivity contribution in [1.82, 2.24) is 5.32 Å². The van der Waals surface area contributed by atoms with Gasteiger partial charge in [0.05, 0.1) is 0 Å². The lowest BCUT2D eigenvalue weighted by Crippen LogP contribution is -2.41. The molecule has 0 heterocycles. The zero-order chi connectivity index (χ0) is 13.5. The van der Waals surface area contributed by atoms with E-state index in [2.05, 4.69) is 21.2 Å². The number of hydrogen-bond donors (Lipinski definition) is 2. The van der Waals surface area contributed by atoms with Gasteiger partial charge in [0.1, 0.15) is 6.04 Å². The Bertz CT molecular complexity index is 381. The molecule has 5 heteroatoms. The van der Waals surface area contributed by atoms with E-state index >= 15 is 0 Å². The van der Waals surface area contributed by atoms with Gasteiger partial charge >= 0.3 is 5.97 Å². The standard InChI is InChI=1S/C13H18BrNO2S/c1-9(2)15-12(13(16)17)7-8-18-11-5-3-10(14)4-6-11/h3-6,9,12,15H,7-8H2,1-2H3,(H,16,17). The molecular weight excluding hydrogens is 314 g/mol. The van der Waals surface area contributed by atoms with Gasteiger partial charge in [0, 0.05) is 21.2 Å². The molecule has 1 atom stereocenters. The van der Waals surface area contributed by atoms with Crippen LogP contribution < -0.4 is 5.32 Å². The molecule has 1 aromatic rings. The molecule has 0 aliphatic heterocycles. The number of carboxylic acids is 1. The molecule has 2 N–H and O–H groups in total. The highest BCUT2D eigenvalue weighted by Crippen LogP contribution is 2.21. The zero-order valence-electron chi connectivity index (χ0n) is 10.5. The van der Waals surface area contributed by atoms with Crippen molar-refractivity contribution < 1.29 is 9.90 Å². The molecular formula is C13H18BrNO2S. The summed E-state index contributed by atoms with van der Waals surface area (Å²) in [6.07, 6.45) is 0.619. The largest absolute Gasteiger partial charge is 0.480 e. The molecule has 0 radical (unpaired) electrons. The van der Waals surface area contributed by atoms with Crippen LogP contribution in [0.5, 0.6) is 0 Å². The van der Waals surface area contributed by atoms with Crippen molar-refractivity contribution in [1.29, 1.82) is 0 Å². The second kappa shape index (κ2) is 7.81. The van der Waals surface area contributed by atoms with E-state index in [1.807, 2.05) is 38.1 Å². The maximum absolute atomic E-state index is 11.0. The molecule has 0 aliphatic rings. The number of benzene rings is 1. The van der Waals surface area contributed by atoms with E-state index in [4.69, 9.17) is 5.11 Å². The summed E-state index contributed by atoms with van der Waals surface area (Å²) in [5.74, 6) is 0.0123. The van der Waals surface area contributed by atoms with Gasteiger partial charge in [-0.3, -0.25) is 4.79 Å². The predicted octanol–water partition coefficient (Wildman–Crippen LogP) is 3.38.